The Labute approximate surface area is 131 Å². The quantitative estimate of drug-likeness (QED) is 0.480. The molecule has 2 aromatic carbocycles. The minimum Gasteiger partial charge on any atom is -0.462 e. The molecule has 20 heavy (non-hydrogen) atoms. The van der Waals surface area contributed by atoms with Gasteiger partial charge in [-0.25, -0.2) is 4.79 Å². The van der Waals surface area contributed by atoms with Gasteiger partial charge >= 0.3 is 5.97 Å². The molecule has 0 heterocycles. The monoisotopic (exact) mass is 382 g/mol. The van der Waals surface area contributed by atoms with Crippen LogP contribution in [0, 0.1) is 3.57 Å². The Morgan fingerprint density at radius 3 is 2.75 bits per heavy atom. The number of carbonyl (C=O) groups is 1. The van der Waals surface area contributed by atoms with Crippen molar-refractivity contribution in [2.45, 2.75) is 6.92 Å². The number of hydrogen-bond donors (Lipinski definition) is 2. The summed E-state index contributed by atoms with van der Waals surface area (Å²) in [6.45, 7) is 2.10. The number of para-hydroxylation sites is 1. The number of benzene rings is 2. The maximum absolute atomic E-state index is 12.0. The number of ether oxygens (including phenoxy) is 1. The molecular formula is C15H15IN2O2. The van der Waals surface area contributed by atoms with Gasteiger partial charge in [0.05, 0.1) is 23.5 Å². The fraction of sp³-hybridized carbons (Fsp3) is 0.133. The van der Waals surface area contributed by atoms with E-state index in [4.69, 9.17) is 10.5 Å². The lowest BCUT2D eigenvalue weighted by atomic mass is 10.1. The van der Waals surface area contributed by atoms with Gasteiger partial charge < -0.3 is 15.8 Å². The van der Waals surface area contributed by atoms with Crippen LogP contribution in [0.2, 0.25) is 0 Å². The summed E-state index contributed by atoms with van der Waals surface area (Å²) >= 11 is 2.23. The Balaban J connectivity index is 2.37. The Bertz CT molecular complexity index is 629. The Hall–Kier alpha value is -1.76. The van der Waals surface area contributed by atoms with Crippen LogP contribution in [0.15, 0.2) is 42.5 Å². The molecule has 0 fully saturated rings. The average Bonchev–Trinajstić information content (AvgIpc) is 2.41. The van der Waals surface area contributed by atoms with Gasteiger partial charge in [-0.1, -0.05) is 12.1 Å². The van der Waals surface area contributed by atoms with Gasteiger partial charge in [-0.2, -0.15) is 0 Å². The number of nitrogens with one attached hydrogen (secondary N) is 1. The highest BCUT2D eigenvalue weighted by Gasteiger charge is 2.14. The number of carbonyl (C=O) groups excluding carboxylic acids is 1. The second kappa shape index (κ2) is 6.60. The van der Waals surface area contributed by atoms with Crippen molar-refractivity contribution in [2.24, 2.45) is 0 Å². The molecule has 0 aliphatic carbocycles. The number of esters is 1. The first-order valence-corrected chi connectivity index (χ1v) is 7.28. The van der Waals surface area contributed by atoms with E-state index in [9.17, 15) is 4.79 Å². The van der Waals surface area contributed by atoms with E-state index < -0.39 is 0 Å². The highest BCUT2D eigenvalue weighted by Crippen LogP contribution is 2.28. The van der Waals surface area contributed by atoms with E-state index in [-0.39, 0.29) is 5.97 Å². The fourth-order valence-electron chi connectivity index (χ4n) is 1.80. The SMILES string of the molecule is CCOC(=O)c1cccc(N)c1Nc1cccc(I)c1. The zero-order valence-electron chi connectivity index (χ0n) is 11.0. The molecule has 5 heteroatoms. The van der Waals surface area contributed by atoms with E-state index in [0.717, 1.165) is 9.26 Å². The Kier molecular flexibility index (Phi) is 4.84. The van der Waals surface area contributed by atoms with Crippen LogP contribution < -0.4 is 11.1 Å². The predicted octanol–water partition coefficient (Wildman–Crippen LogP) is 3.79. The zero-order chi connectivity index (χ0) is 14.5. The minimum atomic E-state index is -0.382. The third-order valence-corrected chi connectivity index (χ3v) is 3.36. The molecule has 0 bridgehead atoms. The molecule has 0 saturated heterocycles. The van der Waals surface area contributed by atoms with Crippen molar-refractivity contribution in [3.63, 3.8) is 0 Å². The van der Waals surface area contributed by atoms with Crippen LogP contribution in [0.5, 0.6) is 0 Å². The number of rotatable bonds is 4. The number of nitrogen functional groups attached to an aromatic ring is 1. The van der Waals surface area contributed by atoms with E-state index >= 15 is 0 Å². The summed E-state index contributed by atoms with van der Waals surface area (Å²) in [6.07, 6.45) is 0. The lowest BCUT2D eigenvalue weighted by Crippen LogP contribution is -2.09. The molecule has 4 nitrogen and oxygen atoms in total. The van der Waals surface area contributed by atoms with Gasteiger partial charge in [-0.05, 0) is 59.8 Å². The van der Waals surface area contributed by atoms with E-state index in [2.05, 4.69) is 27.9 Å². The smallest absolute Gasteiger partial charge is 0.340 e. The molecule has 2 rings (SSSR count). The molecule has 0 atom stereocenters. The largest absolute Gasteiger partial charge is 0.462 e. The second-order valence-electron chi connectivity index (χ2n) is 4.13. The summed E-state index contributed by atoms with van der Waals surface area (Å²) < 4.78 is 6.15. The van der Waals surface area contributed by atoms with Crippen LogP contribution in [0.4, 0.5) is 17.1 Å². The van der Waals surface area contributed by atoms with Crippen LogP contribution >= 0.6 is 22.6 Å². The molecule has 0 unspecified atom stereocenters. The third kappa shape index (κ3) is 3.41. The Morgan fingerprint density at radius 2 is 2.05 bits per heavy atom. The predicted molar refractivity (Wildman–Crippen MR) is 89.3 cm³/mol. The first-order chi connectivity index (χ1) is 9.61. The topological polar surface area (TPSA) is 64.3 Å². The van der Waals surface area contributed by atoms with Crippen molar-refractivity contribution in [3.8, 4) is 0 Å². The van der Waals surface area contributed by atoms with E-state index in [1.54, 1.807) is 25.1 Å². The standard InChI is InChI=1S/C15H15IN2O2/c1-2-20-15(19)12-7-4-8-13(17)14(12)18-11-6-3-5-10(16)9-11/h3-9,18H,2,17H2,1H3. The summed E-state index contributed by atoms with van der Waals surface area (Å²) in [7, 11) is 0. The molecule has 0 aliphatic rings. The molecular weight excluding hydrogens is 367 g/mol. The number of anilines is 3. The maximum atomic E-state index is 12.0. The third-order valence-electron chi connectivity index (χ3n) is 2.69. The van der Waals surface area contributed by atoms with Crippen molar-refractivity contribution in [3.05, 3.63) is 51.6 Å². The Morgan fingerprint density at radius 1 is 1.30 bits per heavy atom. The van der Waals surface area contributed by atoms with Gasteiger partial charge in [0, 0.05) is 9.26 Å². The summed E-state index contributed by atoms with van der Waals surface area (Å²) in [5.41, 5.74) is 8.37. The van der Waals surface area contributed by atoms with Crippen molar-refractivity contribution in [1.29, 1.82) is 0 Å². The van der Waals surface area contributed by atoms with Crippen molar-refractivity contribution >= 4 is 45.6 Å². The number of halogens is 1. The van der Waals surface area contributed by atoms with Crippen LogP contribution in [0.25, 0.3) is 0 Å². The first kappa shape index (κ1) is 14.6. The van der Waals surface area contributed by atoms with E-state index in [1.807, 2.05) is 24.3 Å². The molecule has 0 spiro atoms. The van der Waals surface area contributed by atoms with Crippen molar-refractivity contribution < 1.29 is 9.53 Å². The molecule has 0 saturated carbocycles. The first-order valence-electron chi connectivity index (χ1n) is 6.20. The van der Waals surface area contributed by atoms with E-state index in [0.29, 0.717) is 23.5 Å². The van der Waals surface area contributed by atoms with Crippen molar-refractivity contribution in [1.82, 2.24) is 0 Å². The number of nitrogens with two attached hydrogens (primary N) is 1. The number of hydrogen-bond acceptors (Lipinski definition) is 4. The average molecular weight is 382 g/mol. The molecule has 3 N–H and O–H groups in total. The normalized spacial score (nSPS) is 10.1. The summed E-state index contributed by atoms with van der Waals surface area (Å²) in [5.74, 6) is -0.382. The molecule has 0 radical (unpaired) electrons. The fourth-order valence-corrected chi connectivity index (χ4v) is 2.34. The van der Waals surface area contributed by atoms with Gasteiger partial charge in [0.25, 0.3) is 0 Å². The van der Waals surface area contributed by atoms with E-state index in [1.165, 1.54) is 0 Å². The van der Waals surface area contributed by atoms with Gasteiger partial charge in [-0.3, -0.25) is 0 Å². The summed E-state index contributed by atoms with van der Waals surface area (Å²) in [5, 5.41) is 3.19. The summed E-state index contributed by atoms with van der Waals surface area (Å²) in [4.78, 5) is 12.0. The van der Waals surface area contributed by atoms with Crippen LogP contribution in [-0.4, -0.2) is 12.6 Å². The van der Waals surface area contributed by atoms with Gasteiger partial charge in [-0.15, -0.1) is 0 Å². The highest BCUT2D eigenvalue weighted by atomic mass is 127. The molecule has 0 amide bonds. The van der Waals surface area contributed by atoms with Gasteiger partial charge in [0.1, 0.15) is 0 Å². The highest BCUT2D eigenvalue weighted by molar-refractivity contribution is 14.1. The lowest BCUT2D eigenvalue weighted by Gasteiger charge is -2.14. The minimum absolute atomic E-state index is 0.330. The zero-order valence-corrected chi connectivity index (χ0v) is 13.2. The van der Waals surface area contributed by atoms with Crippen LogP contribution in [0.1, 0.15) is 17.3 Å². The molecule has 2 aromatic rings. The summed E-state index contributed by atoms with van der Waals surface area (Å²) in [6, 6.07) is 13.0. The van der Waals surface area contributed by atoms with Crippen LogP contribution in [-0.2, 0) is 4.74 Å². The molecule has 0 aromatic heterocycles. The maximum Gasteiger partial charge on any atom is 0.340 e. The van der Waals surface area contributed by atoms with Gasteiger partial charge in [0.15, 0.2) is 0 Å². The van der Waals surface area contributed by atoms with Crippen LogP contribution in [0.3, 0.4) is 0 Å². The van der Waals surface area contributed by atoms with Crippen molar-refractivity contribution in [2.75, 3.05) is 17.7 Å². The molecule has 0 aliphatic heterocycles. The second-order valence-corrected chi connectivity index (χ2v) is 5.37. The molecule has 104 valence electrons. The van der Waals surface area contributed by atoms with Gasteiger partial charge in [0.2, 0.25) is 0 Å². The lowest BCUT2D eigenvalue weighted by molar-refractivity contribution is 0.0527.